The van der Waals surface area contributed by atoms with Crippen LogP contribution in [0.15, 0.2) is 24.3 Å². The quantitative estimate of drug-likeness (QED) is 0.668. The average molecular weight is 274 g/mol. The van der Waals surface area contributed by atoms with E-state index in [1.165, 1.54) is 0 Å². The average Bonchev–Trinajstić information content (AvgIpc) is 2.58. The summed E-state index contributed by atoms with van der Waals surface area (Å²) in [6.45, 7) is 1.61. The number of hydrogen-bond acceptors (Lipinski definition) is 3. The Kier molecular flexibility index (Phi) is 5.22. The Morgan fingerprint density at radius 1 is 1.50 bits per heavy atom. The SMILES string of the molecule is Cc1[nH]c([O-])nc1C(=O)Nc1cccc(Cl)c1.[Na+]. The van der Waals surface area contributed by atoms with Crippen LogP contribution in [0.2, 0.25) is 5.02 Å². The number of amides is 1. The van der Waals surface area contributed by atoms with Gasteiger partial charge in [0.25, 0.3) is 5.91 Å². The summed E-state index contributed by atoms with van der Waals surface area (Å²) in [7, 11) is 0. The Bertz CT molecular complexity index is 571. The zero-order valence-corrected chi connectivity index (χ0v) is 12.7. The molecule has 0 fully saturated rings. The third-order valence-corrected chi connectivity index (χ3v) is 2.40. The van der Waals surface area contributed by atoms with Crippen molar-refractivity contribution in [3.8, 4) is 6.01 Å². The minimum absolute atomic E-state index is 0. The third kappa shape index (κ3) is 3.49. The molecular weight excluding hydrogens is 265 g/mol. The van der Waals surface area contributed by atoms with E-state index in [1.54, 1.807) is 31.2 Å². The van der Waals surface area contributed by atoms with E-state index in [-0.39, 0.29) is 35.3 Å². The number of anilines is 1. The number of aromatic nitrogens is 2. The first kappa shape index (κ1) is 15.0. The molecule has 0 bridgehead atoms. The van der Waals surface area contributed by atoms with Gasteiger partial charge in [-0.3, -0.25) is 4.79 Å². The predicted molar refractivity (Wildman–Crippen MR) is 62.2 cm³/mol. The molecule has 2 aromatic rings. The minimum Gasteiger partial charge on any atom is -0.846 e. The number of carbonyl (C=O) groups is 1. The Balaban J connectivity index is 0.00000162. The molecule has 0 atom stereocenters. The fourth-order valence-electron chi connectivity index (χ4n) is 1.41. The summed E-state index contributed by atoms with van der Waals surface area (Å²) in [4.78, 5) is 17.8. The third-order valence-electron chi connectivity index (χ3n) is 2.16. The molecule has 1 amide bonds. The van der Waals surface area contributed by atoms with Gasteiger partial charge >= 0.3 is 29.6 Å². The van der Waals surface area contributed by atoms with Crippen LogP contribution in [0.4, 0.5) is 5.69 Å². The standard InChI is InChI=1S/C11H10ClN3O2.Na/c1-6-9(15-11(17)13-6)10(16)14-8-4-2-3-7(12)5-8;/h2-5H,1H3,(H,14,16)(H2,13,15,17);/q;+1/p-1. The van der Waals surface area contributed by atoms with Crippen molar-refractivity contribution in [2.24, 2.45) is 0 Å². The van der Waals surface area contributed by atoms with E-state index in [4.69, 9.17) is 11.6 Å². The molecule has 0 aliphatic carbocycles. The van der Waals surface area contributed by atoms with Crippen molar-refractivity contribution in [2.75, 3.05) is 5.32 Å². The van der Waals surface area contributed by atoms with Crippen LogP contribution in [-0.2, 0) is 0 Å². The van der Waals surface area contributed by atoms with Gasteiger partial charge in [0.2, 0.25) is 0 Å². The van der Waals surface area contributed by atoms with Gasteiger partial charge in [0.1, 0.15) is 5.69 Å². The first-order valence-electron chi connectivity index (χ1n) is 4.87. The molecule has 18 heavy (non-hydrogen) atoms. The number of H-pyrrole nitrogens is 1. The second kappa shape index (κ2) is 6.24. The van der Waals surface area contributed by atoms with Crippen LogP contribution in [0, 0.1) is 6.92 Å². The van der Waals surface area contributed by atoms with Crippen LogP contribution in [0.5, 0.6) is 6.01 Å². The van der Waals surface area contributed by atoms with Gasteiger partial charge in [0.05, 0.1) is 6.01 Å². The molecule has 1 aromatic heterocycles. The minimum atomic E-state index is -0.529. The topological polar surface area (TPSA) is 80.8 Å². The summed E-state index contributed by atoms with van der Waals surface area (Å²) in [6.07, 6.45) is 0. The first-order valence-corrected chi connectivity index (χ1v) is 5.24. The van der Waals surface area contributed by atoms with Crippen LogP contribution >= 0.6 is 11.6 Å². The van der Waals surface area contributed by atoms with Gasteiger partial charge in [-0.05, 0) is 25.1 Å². The Morgan fingerprint density at radius 3 is 2.78 bits per heavy atom. The summed E-state index contributed by atoms with van der Waals surface area (Å²) in [5.74, 6) is -0.442. The number of nitrogens with zero attached hydrogens (tertiary/aromatic N) is 1. The van der Waals surface area contributed by atoms with E-state index in [0.29, 0.717) is 16.4 Å². The second-order valence-electron chi connectivity index (χ2n) is 3.48. The number of aryl methyl sites for hydroxylation is 1. The molecule has 0 aliphatic rings. The molecule has 0 aliphatic heterocycles. The normalized spacial score (nSPS) is 9.67. The van der Waals surface area contributed by atoms with E-state index < -0.39 is 11.9 Å². The van der Waals surface area contributed by atoms with E-state index in [0.717, 1.165) is 0 Å². The van der Waals surface area contributed by atoms with Gasteiger partial charge in [-0.1, -0.05) is 17.7 Å². The van der Waals surface area contributed by atoms with Crippen LogP contribution in [0.3, 0.4) is 0 Å². The second-order valence-corrected chi connectivity index (χ2v) is 3.92. The maximum absolute atomic E-state index is 11.8. The molecule has 7 heteroatoms. The largest absolute Gasteiger partial charge is 1.00 e. The van der Waals surface area contributed by atoms with Gasteiger partial charge in [-0.2, -0.15) is 0 Å². The fraction of sp³-hybridized carbons (Fsp3) is 0.0909. The van der Waals surface area contributed by atoms with Crippen LogP contribution in [0.1, 0.15) is 16.2 Å². The zero-order chi connectivity index (χ0) is 12.4. The van der Waals surface area contributed by atoms with Crippen molar-refractivity contribution in [1.82, 2.24) is 9.97 Å². The summed E-state index contributed by atoms with van der Waals surface area (Å²) >= 11 is 5.79. The number of hydrogen-bond donors (Lipinski definition) is 2. The van der Waals surface area contributed by atoms with Gasteiger partial charge in [0.15, 0.2) is 0 Å². The Labute approximate surface area is 131 Å². The number of nitrogens with one attached hydrogen (secondary N) is 2. The molecule has 2 N–H and O–H groups in total. The molecule has 0 spiro atoms. The van der Waals surface area contributed by atoms with Crippen LogP contribution in [0.25, 0.3) is 0 Å². The van der Waals surface area contributed by atoms with Crippen molar-refractivity contribution in [3.05, 3.63) is 40.7 Å². The molecule has 1 aromatic carbocycles. The van der Waals surface area contributed by atoms with Gasteiger partial charge in [-0.15, -0.1) is 0 Å². The monoisotopic (exact) mass is 273 g/mol. The summed E-state index contributed by atoms with van der Waals surface area (Å²) in [5, 5.41) is 14.1. The smallest absolute Gasteiger partial charge is 0.846 e. The Morgan fingerprint density at radius 2 is 2.22 bits per heavy atom. The summed E-state index contributed by atoms with van der Waals surface area (Å²) in [6, 6.07) is 6.20. The zero-order valence-electron chi connectivity index (χ0n) is 9.95. The van der Waals surface area contributed by atoms with Gasteiger partial charge in [-0.25, -0.2) is 4.98 Å². The predicted octanol–water partition coefficient (Wildman–Crippen LogP) is -1.30. The van der Waals surface area contributed by atoms with Gasteiger partial charge < -0.3 is 15.4 Å². The molecule has 1 heterocycles. The first-order chi connectivity index (χ1) is 8.06. The summed E-state index contributed by atoms with van der Waals surface area (Å²) in [5.41, 5.74) is 1.09. The van der Waals surface area contributed by atoms with E-state index in [9.17, 15) is 9.90 Å². The number of imidazole rings is 1. The molecular formula is C11H9ClN3NaO2. The fourth-order valence-corrected chi connectivity index (χ4v) is 1.60. The number of carbonyl (C=O) groups excluding carboxylic acids is 1. The molecule has 0 saturated heterocycles. The summed E-state index contributed by atoms with van der Waals surface area (Å²) < 4.78 is 0. The molecule has 88 valence electrons. The maximum Gasteiger partial charge on any atom is 1.00 e. The number of aromatic amines is 1. The number of benzene rings is 1. The van der Waals surface area contributed by atoms with E-state index in [1.807, 2.05) is 0 Å². The van der Waals surface area contributed by atoms with Crippen LogP contribution in [-0.4, -0.2) is 15.9 Å². The van der Waals surface area contributed by atoms with Crippen molar-refractivity contribution >= 4 is 23.2 Å². The molecule has 0 unspecified atom stereocenters. The van der Waals surface area contributed by atoms with E-state index in [2.05, 4.69) is 15.3 Å². The van der Waals surface area contributed by atoms with Crippen molar-refractivity contribution < 1.29 is 39.5 Å². The van der Waals surface area contributed by atoms with Crippen molar-refractivity contribution in [2.45, 2.75) is 6.92 Å². The molecule has 5 nitrogen and oxygen atoms in total. The van der Waals surface area contributed by atoms with Crippen molar-refractivity contribution in [3.63, 3.8) is 0 Å². The van der Waals surface area contributed by atoms with Crippen LogP contribution < -0.4 is 40.0 Å². The molecule has 0 saturated carbocycles. The number of halogens is 1. The number of rotatable bonds is 2. The maximum atomic E-state index is 11.8. The van der Waals surface area contributed by atoms with Gasteiger partial charge in [0, 0.05) is 16.4 Å². The molecule has 0 radical (unpaired) electrons. The molecule has 2 rings (SSSR count). The van der Waals surface area contributed by atoms with Crippen molar-refractivity contribution in [1.29, 1.82) is 0 Å². The van der Waals surface area contributed by atoms with E-state index >= 15 is 0 Å². The Hall–Kier alpha value is -1.01.